The molecule has 1 heterocycles. The standard InChI is InChI=1S/C17H23FIN3O3S/c1-16(12-9-11(19)5-6-13(12)18)10-26(25,20-2)17(7-3-4-8-17)14(22-16)21-15(23)24/h5-6,9,20,25H,3-4,7-8,10H2,1-2H3,(H,21,22)(H,23,24)/t16-/m0/s1. The predicted molar refractivity (Wildman–Crippen MR) is 110 cm³/mol. The van der Waals surface area contributed by atoms with Crippen molar-refractivity contribution in [2.24, 2.45) is 4.99 Å². The van der Waals surface area contributed by atoms with Crippen LogP contribution in [0.5, 0.6) is 0 Å². The van der Waals surface area contributed by atoms with E-state index < -0.39 is 32.7 Å². The third-order valence-corrected chi connectivity index (χ3v) is 9.63. The Balaban J connectivity index is 2.21. The lowest BCUT2D eigenvalue weighted by Crippen LogP contribution is -2.59. The molecule has 0 radical (unpaired) electrons. The number of nitrogens with one attached hydrogen (secondary N) is 2. The van der Waals surface area contributed by atoms with Gasteiger partial charge in [0.05, 0.1) is 10.3 Å². The lowest BCUT2D eigenvalue weighted by Gasteiger charge is -2.55. The molecule has 1 fully saturated rings. The molecule has 1 saturated carbocycles. The van der Waals surface area contributed by atoms with Gasteiger partial charge in [-0.25, -0.2) is 9.18 Å². The Labute approximate surface area is 167 Å². The Hall–Kier alpha value is -0.910. The summed E-state index contributed by atoms with van der Waals surface area (Å²) in [6.45, 7) is 1.75. The van der Waals surface area contributed by atoms with Crippen LogP contribution in [0.25, 0.3) is 0 Å². The maximum Gasteiger partial charge on any atom is 0.410 e. The van der Waals surface area contributed by atoms with Crippen LogP contribution in [-0.4, -0.2) is 39.1 Å². The quantitative estimate of drug-likeness (QED) is 0.466. The second-order valence-electron chi connectivity index (χ2n) is 7.04. The van der Waals surface area contributed by atoms with Crippen LogP contribution in [0.4, 0.5) is 9.18 Å². The molecule has 1 amide bonds. The Bertz CT molecular complexity index is 772. The molecule has 0 aromatic heterocycles. The number of aliphatic imine (C=N–C) groups is 1. The van der Waals surface area contributed by atoms with Crippen molar-refractivity contribution in [3.63, 3.8) is 0 Å². The molecule has 1 aliphatic heterocycles. The minimum absolute atomic E-state index is 0.234. The fourth-order valence-electron chi connectivity index (χ4n) is 4.17. The Kier molecular flexibility index (Phi) is 5.28. The Morgan fingerprint density at radius 2 is 2.04 bits per heavy atom. The van der Waals surface area contributed by atoms with Gasteiger partial charge < -0.3 is 9.66 Å². The van der Waals surface area contributed by atoms with Crippen LogP contribution < -0.4 is 10.0 Å². The molecule has 144 valence electrons. The molecule has 1 spiro atoms. The number of carbonyl (C=O) groups is 1. The fraction of sp³-hybridized carbons (Fsp3) is 0.529. The minimum atomic E-state index is -2.47. The van der Waals surface area contributed by atoms with Crippen LogP contribution in [0.3, 0.4) is 0 Å². The highest BCUT2D eigenvalue weighted by atomic mass is 127. The van der Waals surface area contributed by atoms with Crippen LogP contribution in [-0.2, 0) is 5.54 Å². The van der Waals surface area contributed by atoms with Gasteiger partial charge in [-0.1, -0.05) is 23.3 Å². The average Bonchev–Trinajstić information content (AvgIpc) is 3.06. The largest absolute Gasteiger partial charge is 0.465 e. The number of hydrogen-bond acceptors (Lipinski definition) is 4. The summed E-state index contributed by atoms with van der Waals surface area (Å²) in [6, 6.07) is 4.76. The van der Waals surface area contributed by atoms with E-state index in [4.69, 9.17) is 4.99 Å². The van der Waals surface area contributed by atoms with Gasteiger partial charge in [-0.05, 0) is 67.6 Å². The van der Waals surface area contributed by atoms with Crippen LogP contribution >= 0.6 is 33.1 Å². The van der Waals surface area contributed by atoms with Gasteiger partial charge in [0.15, 0.2) is 0 Å². The summed E-state index contributed by atoms with van der Waals surface area (Å²) >= 11 is 2.10. The predicted octanol–water partition coefficient (Wildman–Crippen LogP) is 4.05. The van der Waals surface area contributed by atoms with Crippen molar-refractivity contribution in [1.29, 1.82) is 0 Å². The van der Waals surface area contributed by atoms with E-state index in [9.17, 15) is 18.8 Å². The molecule has 26 heavy (non-hydrogen) atoms. The number of nitrogens with zero attached hydrogens (tertiary/aromatic N) is 1. The second kappa shape index (κ2) is 6.92. The molecular formula is C17H23FIN3O3S. The molecule has 1 aromatic rings. The van der Waals surface area contributed by atoms with E-state index in [0.29, 0.717) is 18.4 Å². The second-order valence-corrected chi connectivity index (χ2v) is 11.2. The van der Waals surface area contributed by atoms with Crippen LogP contribution in [0.2, 0.25) is 0 Å². The van der Waals surface area contributed by atoms with Gasteiger partial charge in [0.25, 0.3) is 0 Å². The van der Waals surface area contributed by atoms with Crippen molar-refractivity contribution in [2.75, 3.05) is 12.8 Å². The fourth-order valence-corrected chi connectivity index (χ4v) is 7.88. The van der Waals surface area contributed by atoms with Gasteiger partial charge in [0.2, 0.25) is 0 Å². The van der Waals surface area contributed by atoms with E-state index in [1.54, 1.807) is 26.1 Å². The van der Waals surface area contributed by atoms with Crippen LogP contribution in [0.15, 0.2) is 23.2 Å². The summed E-state index contributed by atoms with van der Waals surface area (Å²) < 4.78 is 29.4. The molecule has 0 bridgehead atoms. The van der Waals surface area contributed by atoms with Gasteiger partial charge in [-0.3, -0.25) is 15.0 Å². The topological polar surface area (TPSA) is 94.0 Å². The minimum Gasteiger partial charge on any atom is -0.465 e. The van der Waals surface area contributed by atoms with Gasteiger partial charge in [-0.15, -0.1) is 0 Å². The zero-order chi connectivity index (χ0) is 19.2. The van der Waals surface area contributed by atoms with E-state index in [2.05, 4.69) is 32.6 Å². The molecule has 2 aliphatic rings. The SMILES string of the molecule is CNS1(O)C[C@@](C)(c2cc(I)ccc2F)N=C(NC(=O)O)C12CCCC2. The Morgan fingerprint density at radius 3 is 2.62 bits per heavy atom. The first kappa shape index (κ1) is 19.8. The number of amides is 1. The molecule has 0 saturated heterocycles. The molecule has 1 aromatic carbocycles. The van der Waals surface area contributed by atoms with Crippen molar-refractivity contribution in [1.82, 2.24) is 10.0 Å². The number of amidine groups is 1. The van der Waals surface area contributed by atoms with Gasteiger partial charge in [0.1, 0.15) is 11.7 Å². The summed E-state index contributed by atoms with van der Waals surface area (Å²) in [5.41, 5.74) is -0.702. The number of hydrogen-bond donors (Lipinski definition) is 4. The normalized spacial score (nSPS) is 32.7. The van der Waals surface area contributed by atoms with Crippen LogP contribution in [0, 0.1) is 9.39 Å². The number of carboxylic acid groups (broad SMARTS) is 1. The summed E-state index contributed by atoms with van der Waals surface area (Å²) in [7, 11) is -0.789. The van der Waals surface area contributed by atoms with Crippen molar-refractivity contribution in [3.05, 3.63) is 33.1 Å². The zero-order valence-electron chi connectivity index (χ0n) is 14.7. The number of benzene rings is 1. The average molecular weight is 495 g/mol. The zero-order valence-corrected chi connectivity index (χ0v) is 17.7. The van der Waals surface area contributed by atoms with E-state index in [0.717, 1.165) is 16.4 Å². The molecular weight excluding hydrogens is 472 g/mol. The first-order chi connectivity index (χ1) is 12.2. The summed E-state index contributed by atoms with van der Waals surface area (Å²) in [4.78, 5) is 16.1. The van der Waals surface area contributed by atoms with Crippen LogP contribution in [0.1, 0.15) is 38.2 Å². The maximum absolute atomic E-state index is 14.6. The highest BCUT2D eigenvalue weighted by Gasteiger charge is 2.58. The van der Waals surface area contributed by atoms with E-state index in [1.165, 1.54) is 6.07 Å². The van der Waals surface area contributed by atoms with Crippen molar-refractivity contribution < 1.29 is 18.8 Å². The Morgan fingerprint density at radius 1 is 1.38 bits per heavy atom. The summed E-state index contributed by atoms with van der Waals surface area (Å²) in [5, 5.41) is 11.8. The maximum atomic E-state index is 14.6. The number of halogens is 2. The molecule has 4 N–H and O–H groups in total. The molecule has 1 unspecified atom stereocenters. The molecule has 9 heteroatoms. The van der Waals surface area contributed by atoms with Gasteiger partial charge in [-0.2, -0.15) is 0 Å². The first-order valence-electron chi connectivity index (χ1n) is 8.43. The van der Waals surface area contributed by atoms with Gasteiger partial charge >= 0.3 is 6.09 Å². The van der Waals surface area contributed by atoms with E-state index in [-0.39, 0.29) is 11.6 Å². The van der Waals surface area contributed by atoms with Gasteiger partial charge in [0, 0.05) is 14.9 Å². The lowest BCUT2D eigenvalue weighted by molar-refractivity contribution is 0.199. The third kappa shape index (κ3) is 3.12. The van der Waals surface area contributed by atoms with E-state index >= 15 is 0 Å². The van der Waals surface area contributed by atoms with Crippen molar-refractivity contribution in [2.45, 2.75) is 42.9 Å². The van der Waals surface area contributed by atoms with Crippen molar-refractivity contribution in [3.8, 4) is 0 Å². The molecule has 1 aliphatic carbocycles. The monoisotopic (exact) mass is 495 g/mol. The number of rotatable bonds is 2. The first-order valence-corrected chi connectivity index (χ1v) is 11.3. The molecule has 6 nitrogen and oxygen atoms in total. The van der Waals surface area contributed by atoms with Crippen molar-refractivity contribution >= 4 is 45.0 Å². The highest BCUT2D eigenvalue weighted by Crippen LogP contribution is 2.65. The van der Waals surface area contributed by atoms with E-state index in [1.807, 2.05) is 0 Å². The lowest BCUT2D eigenvalue weighted by atomic mass is 9.92. The third-order valence-electron chi connectivity index (χ3n) is 5.41. The summed E-state index contributed by atoms with van der Waals surface area (Å²) in [5.74, 6) is 0.0751. The highest BCUT2D eigenvalue weighted by molar-refractivity contribution is 14.1. The molecule has 2 atom stereocenters. The molecule has 3 rings (SSSR count). The summed E-state index contributed by atoms with van der Waals surface area (Å²) in [6.07, 6.45) is 1.88. The smallest absolute Gasteiger partial charge is 0.410 e.